The average Bonchev–Trinajstić information content (AvgIpc) is 2.21. The Morgan fingerprint density at radius 3 is 2.25 bits per heavy atom. The molecule has 0 radical (unpaired) electrons. The fourth-order valence-electron chi connectivity index (χ4n) is 0.931. The van der Waals surface area contributed by atoms with E-state index < -0.39 is 17.6 Å². The summed E-state index contributed by atoms with van der Waals surface area (Å²) in [6.45, 7) is 0. The van der Waals surface area contributed by atoms with Crippen molar-refractivity contribution in [2.45, 2.75) is 0 Å². The molecule has 1 rings (SSSR count). The molecule has 0 bridgehead atoms. The highest BCUT2D eigenvalue weighted by molar-refractivity contribution is 6.03. The summed E-state index contributed by atoms with van der Waals surface area (Å²) >= 11 is 0. The molecule has 1 amide bonds. The van der Waals surface area contributed by atoms with Gasteiger partial charge >= 0.3 is 5.97 Å². The van der Waals surface area contributed by atoms with Crippen LogP contribution in [0.5, 0.6) is 0 Å². The van der Waals surface area contributed by atoms with E-state index in [0.29, 0.717) is 17.5 Å². The highest BCUT2D eigenvalue weighted by atomic mass is 16.4. The topological polar surface area (TPSA) is 113 Å². The van der Waals surface area contributed by atoms with Crippen molar-refractivity contribution in [1.82, 2.24) is 0 Å². The molecule has 6 nitrogen and oxygen atoms in total. The number of nitrogens with one attached hydrogen (secondary N) is 1. The minimum atomic E-state index is -1.56. The molecule has 5 N–H and O–H groups in total. The summed E-state index contributed by atoms with van der Waals surface area (Å²) in [6, 6.07) is 6.27. The summed E-state index contributed by atoms with van der Waals surface area (Å²) in [5, 5.41) is 19.5. The van der Waals surface area contributed by atoms with E-state index in [9.17, 15) is 9.59 Å². The van der Waals surface area contributed by atoms with Gasteiger partial charge in [0.05, 0.1) is 6.08 Å². The number of nitrogens with two attached hydrogens (primary N) is 1. The molecule has 0 fully saturated rings. The van der Waals surface area contributed by atoms with Crippen molar-refractivity contribution >= 4 is 23.3 Å². The molecular formula is C10H10N2O4. The van der Waals surface area contributed by atoms with Crippen molar-refractivity contribution in [2.75, 3.05) is 11.1 Å². The van der Waals surface area contributed by atoms with Crippen LogP contribution in [0.4, 0.5) is 11.4 Å². The maximum absolute atomic E-state index is 11.2. The molecule has 84 valence electrons. The van der Waals surface area contributed by atoms with E-state index in [0.717, 1.165) is 0 Å². The molecule has 0 aliphatic rings. The molecule has 1 aromatic carbocycles. The fourth-order valence-corrected chi connectivity index (χ4v) is 0.931. The van der Waals surface area contributed by atoms with Crippen molar-refractivity contribution in [1.29, 1.82) is 0 Å². The number of carbonyl (C=O) groups excluding carboxylic acids is 1. The first-order valence-corrected chi connectivity index (χ1v) is 4.29. The number of rotatable bonds is 3. The Morgan fingerprint density at radius 1 is 1.19 bits per heavy atom. The smallest absolute Gasteiger partial charge is 0.371 e. The van der Waals surface area contributed by atoms with Gasteiger partial charge in [-0.2, -0.15) is 0 Å². The quantitative estimate of drug-likeness (QED) is 0.342. The van der Waals surface area contributed by atoms with Crippen LogP contribution in [-0.2, 0) is 9.59 Å². The van der Waals surface area contributed by atoms with Gasteiger partial charge in [-0.25, -0.2) is 4.79 Å². The predicted octanol–water partition coefficient (Wildman–Crippen LogP) is 0.734. The molecule has 0 aromatic heterocycles. The Hall–Kier alpha value is -2.50. The zero-order valence-corrected chi connectivity index (χ0v) is 8.18. The Balaban J connectivity index is 2.68. The van der Waals surface area contributed by atoms with Crippen molar-refractivity contribution in [3.05, 3.63) is 36.1 Å². The van der Waals surface area contributed by atoms with E-state index in [-0.39, 0.29) is 0 Å². The van der Waals surface area contributed by atoms with Gasteiger partial charge in [-0.3, -0.25) is 4.79 Å². The number of carbonyl (C=O) groups is 2. The monoisotopic (exact) mass is 222 g/mol. The van der Waals surface area contributed by atoms with Gasteiger partial charge in [0.15, 0.2) is 0 Å². The zero-order chi connectivity index (χ0) is 12.1. The van der Waals surface area contributed by atoms with Crippen molar-refractivity contribution in [3.8, 4) is 0 Å². The minimum Gasteiger partial charge on any atom is -0.502 e. The SMILES string of the molecule is Nc1ccc(NC(=O)/C=C(\O)C(=O)O)cc1. The minimum absolute atomic E-state index is 0.452. The largest absolute Gasteiger partial charge is 0.502 e. The fraction of sp³-hybridized carbons (Fsp3) is 0. The van der Waals surface area contributed by atoms with Crippen molar-refractivity contribution in [3.63, 3.8) is 0 Å². The number of carboxylic acid groups (broad SMARTS) is 1. The predicted molar refractivity (Wildman–Crippen MR) is 57.8 cm³/mol. The number of anilines is 2. The van der Waals surface area contributed by atoms with Gasteiger partial charge in [-0.15, -0.1) is 0 Å². The van der Waals surface area contributed by atoms with Crippen LogP contribution in [0.25, 0.3) is 0 Å². The lowest BCUT2D eigenvalue weighted by Crippen LogP contribution is -2.11. The maximum atomic E-state index is 11.2. The molecule has 0 atom stereocenters. The van der Waals surface area contributed by atoms with Crippen LogP contribution >= 0.6 is 0 Å². The number of aliphatic hydroxyl groups is 1. The molecule has 0 spiro atoms. The number of aliphatic carboxylic acids is 1. The number of hydrogen-bond acceptors (Lipinski definition) is 4. The zero-order valence-electron chi connectivity index (χ0n) is 8.18. The van der Waals surface area contributed by atoms with Gasteiger partial charge in [-0.05, 0) is 24.3 Å². The van der Waals surface area contributed by atoms with E-state index >= 15 is 0 Å². The third-order valence-corrected chi connectivity index (χ3v) is 1.67. The third-order valence-electron chi connectivity index (χ3n) is 1.67. The van der Waals surface area contributed by atoms with Gasteiger partial charge in [0.25, 0.3) is 5.91 Å². The Morgan fingerprint density at radius 2 is 1.75 bits per heavy atom. The first-order valence-electron chi connectivity index (χ1n) is 4.29. The highest BCUT2D eigenvalue weighted by Crippen LogP contribution is 2.10. The number of benzene rings is 1. The first-order chi connectivity index (χ1) is 7.49. The summed E-state index contributed by atoms with van der Waals surface area (Å²) in [5.74, 6) is -3.31. The molecule has 0 aliphatic carbocycles. The molecule has 0 aliphatic heterocycles. The van der Waals surface area contributed by atoms with E-state index in [1.165, 1.54) is 0 Å². The maximum Gasteiger partial charge on any atom is 0.371 e. The van der Waals surface area contributed by atoms with Gasteiger partial charge in [0, 0.05) is 11.4 Å². The summed E-state index contributed by atoms with van der Waals surface area (Å²) < 4.78 is 0. The third kappa shape index (κ3) is 3.33. The molecule has 1 aromatic rings. The number of nitrogen functional groups attached to an aromatic ring is 1. The Labute approximate surface area is 91.0 Å². The van der Waals surface area contributed by atoms with Crippen molar-refractivity contribution < 1.29 is 19.8 Å². The molecule has 0 saturated carbocycles. The summed E-state index contributed by atoms with van der Waals surface area (Å²) in [6.07, 6.45) is 0.582. The average molecular weight is 222 g/mol. The number of hydrogen-bond donors (Lipinski definition) is 4. The Kier molecular flexibility index (Phi) is 3.49. The van der Waals surface area contributed by atoms with E-state index in [1.54, 1.807) is 24.3 Å². The van der Waals surface area contributed by atoms with Gasteiger partial charge in [0.1, 0.15) is 0 Å². The lowest BCUT2D eigenvalue weighted by atomic mass is 10.3. The van der Waals surface area contributed by atoms with E-state index in [4.69, 9.17) is 15.9 Å². The van der Waals surface area contributed by atoms with Crippen LogP contribution in [0, 0.1) is 0 Å². The van der Waals surface area contributed by atoms with Gasteiger partial charge in [-0.1, -0.05) is 0 Å². The van der Waals surface area contributed by atoms with Gasteiger partial charge in [0.2, 0.25) is 5.76 Å². The van der Waals surface area contributed by atoms with Crippen LogP contribution in [0.3, 0.4) is 0 Å². The van der Waals surface area contributed by atoms with Crippen LogP contribution in [-0.4, -0.2) is 22.1 Å². The second-order valence-corrected chi connectivity index (χ2v) is 2.95. The highest BCUT2D eigenvalue weighted by Gasteiger charge is 2.07. The van der Waals surface area contributed by atoms with E-state index in [1.807, 2.05) is 0 Å². The number of amides is 1. The number of aliphatic hydroxyl groups excluding tert-OH is 1. The summed E-state index contributed by atoms with van der Waals surface area (Å²) in [5.41, 5.74) is 6.43. The second-order valence-electron chi connectivity index (χ2n) is 2.95. The Bertz CT molecular complexity index is 437. The van der Waals surface area contributed by atoms with E-state index in [2.05, 4.69) is 5.32 Å². The molecule has 0 unspecified atom stereocenters. The van der Waals surface area contributed by atoms with Crippen LogP contribution < -0.4 is 11.1 Å². The van der Waals surface area contributed by atoms with Crippen LogP contribution in [0.2, 0.25) is 0 Å². The molecular weight excluding hydrogens is 212 g/mol. The van der Waals surface area contributed by atoms with Crippen LogP contribution in [0.1, 0.15) is 0 Å². The van der Waals surface area contributed by atoms with Gasteiger partial charge < -0.3 is 21.3 Å². The standard InChI is InChI=1S/C10H10N2O4/c11-6-1-3-7(4-2-6)12-9(14)5-8(13)10(15)16/h1-5,13H,11H2,(H,12,14)(H,15,16)/b8-5-. The van der Waals surface area contributed by atoms with Crippen molar-refractivity contribution in [2.24, 2.45) is 0 Å². The first kappa shape index (κ1) is 11.6. The van der Waals surface area contributed by atoms with Crippen LogP contribution in [0.15, 0.2) is 36.1 Å². The molecule has 0 heterocycles. The summed E-state index contributed by atoms with van der Waals surface area (Å²) in [4.78, 5) is 21.4. The number of carboxylic acids is 1. The normalized spacial score (nSPS) is 10.9. The molecule has 6 heteroatoms. The lowest BCUT2D eigenvalue weighted by Gasteiger charge is -2.02. The molecule has 16 heavy (non-hydrogen) atoms. The summed E-state index contributed by atoms with van der Waals surface area (Å²) in [7, 11) is 0. The second kappa shape index (κ2) is 4.83. The lowest BCUT2D eigenvalue weighted by molar-refractivity contribution is -0.135. The molecule has 0 saturated heterocycles.